The summed E-state index contributed by atoms with van der Waals surface area (Å²) in [6.45, 7) is 1.24. The molecule has 0 amide bonds. The molecule has 1 aromatic heterocycles. The lowest BCUT2D eigenvalue weighted by Gasteiger charge is -2.10. The molecule has 0 spiro atoms. The predicted octanol–water partition coefficient (Wildman–Crippen LogP) is 3.30. The highest BCUT2D eigenvalue weighted by Gasteiger charge is 2.18. The number of pyridine rings is 1. The number of nitrogens with zero attached hydrogens (tertiary/aromatic N) is 1. The maximum Gasteiger partial charge on any atom is 0.127 e. The minimum absolute atomic E-state index is 0.490. The molecule has 2 aromatic carbocycles. The van der Waals surface area contributed by atoms with Crippen molar-refractivity contribution in [1.82, 2.24) is 4.98 Å². The van der Waals surface area contributed by atoms with Crippen molar-refractivity contribution < 1.29 is 4.74 Å². The third-order valence-corrected chi connectivity index (χ3v) is 3.97. The van der Waals surface area contributed by atoms with Crippen molar-refractivity contribution in [2.45, 2.75) is 13.0 Å². The third kappa shape index (κ3) is 2.06. The van der Waals surface area contributed by atoms with E-state index in [0.717, 1.165) is 46.5 Å². The number of para-hydroxylation sites is 1. The minimum Gasteiger partial charge on any atom is -0.493 e. The van der Waals surface area contributed by atoms with Crippen LogP contribution in [0.15, 0.2) is 48.5 Å². The zero-order chi connectivity index (χ0) is 14.2. The van der Waals surface area contributed by atoms with Crippen LogP contribution in [0.5, 0.6) is 5.75 Å². The molecule has 0 fully saturated rings. The van der Waals surface area contributed by atoms with Crippen LogP contribution in [0.4, 0.5) is 0 Å². The molecule has 0 unspecified atom stereocenters. The number of hydrogen-bond acceptors (Lipinski definition) is 3. The number of fused-ring (bicyclic) bond motifs is 2. The molecule has 0 aliphatic carbocycles. The molecule has 0 bridgehead atoms. The van der Waals surface area contributed by atoms with Gasteiger partial charge in [-0.15, -0.1) is 0 Å². The SMILES string of the molecule is NCc1cc(-c2ccc3ccccc3n2)cc2c1OCC2. The fraction of sp³-hybridized carbons (Fsp3) is 0.167. The molecule has 3 heteroatoms. The van der Waals surface area contributed by atoms with Gasteiger partial charge in [-0.25, -0.2) is 4.98 Å². The lowest BCUT2D eigenvalue weighted by atomic mass is 10.0. The van der Waals surface area contributed by atoms with Crippen molar-refractivity contribution in [2.75, 3.05) is 6.61 Å². The van der Waals surface area contributed by atoms with E-state index in [0.29, 0.717) is 6.54 Å². The molecule has 0 saturated heterocycles. The zero-order valence-electron chi connectivity index (χ0n) is 11.7. The molecule has 3 aromatic rings. The van der Waals surface area contributed by atoms with E-state index in [9.17, 15) is 0 Å². The van der Waals surface area contributed by atoms with Gasteiger partial charge in [-0.2, -0.15) is 0 Å². The van der Waals surface area contributed by atoms with Gasteiger partial charge in [0, 0.05) is 29.5 Å². The number of nitrogens with two attached hydrogens (primary N) is 1. The van der Waals surface area contributed by atoms with Gasteiger partial charge in [0.15, 0.2) is 0 Å². The highest BCUT2D eigenvalue weighted by Crippen LogP contribution is 2.34. The molecule has 1 aliphatic rings. The summed E-state index contributed by atoms with van der Waals surface area (Å²) in [6, 6.07) is 16.6. The fourth-order valence-corrected chi connectivity index (χ4v) is 2.91. The second-order valence-corrected chi connectivity index (χ2v) is 5.32. The summed E-state index contributed by atoms with van der Waals surface area (Å²) in [6.07, 6.45) is 0.948. The number of ether oxygens (including phenoxy) is 1. The van der Waals surface area contributed by atoms with Gasteiger partial charge in [-0.1, -0.05) is 24.3 Å². The Balaban J connectivity index is 1.88. The van der Waals surface area contributed by atoms with E-state index < -0.39 is 0 Å². The van der Waals surface area contributed by atoms with Crippen LogP contribution in [0.3, 0.4) is 0 Å². The summed E-state index contributed by atoms with van der Waals surface area (Å²) in [5.41, 5.74) is 11.3. The Hall–Kier alpha value is -2.39. The monoisotopic (exact) mass is 276 g/mol. The first kappa shape index (κ1) is 12.4. The van der Waals surface area contributed by atoms with Crippen LogP contribution in [-0.4, -0.2) is 11.6 Å². The maximum atomic E-state index is 5.86. The van der Waals surface area contributed by atoms with Crippen molar-refractivity contribution in [3.8, 4) is 17.0 Å². The molecule has 0 atom stereocenters. The van der Waals surface area contributed by atoms with E-state index in [1.54, 1.807) is 0 Å². The summed E-state index contributed by atoms with van der Waals surface area (Å²) in [4.78, 5) is 4.76. The maximum absolute atomic E-state index is 5.86. The summed E-state index contributed by atoms with van der Waals surface area (Å²) in [5, 5.41) is 1.16. The van der Waals surface area contributed by atoms with E-state index in [-0.39, 0.29) is 0 Å². The molecule has 2 heterocycles. The van der Waals surface area contributed by atoms with E-state index >= 15 is 0 Å². The smallest absolute Gasteiger partial charge is 0.127 e. The summed E-state index contributed by atoms with van der Waals surface area (Å²) < 4.78 is 5.68. The number of aromatic nitrogens is 1. The normalized spacial score (nSPS) is 13.2. The van der Waals surface area contributed by atoms with Crippen LogP contribution in [0.25, 0.3) is 22.2 Å². The Morgan fingerprint density at radius 1 is 1.10 bits per heavy atom. The van der Waals surface area contributed by atoms with Crippen molar-refractivity contribution in [3.05, 3.63) is 59.7 Å². The molecule has 2 N–H and O–H groups in total. The summed E-state index contributed by atoms with van der Waals surface area (Å²) in [7, 11) is 0. The van der Waals surface area contributed by atoms with Gasteiger partial charge in [0.1, 0.15) is 5.75 Å². The first-order valence-electron chi connectivity index (χ1n) is 7.20. The second-order valence-electron chi connectivity index (χ2n) is 5.32. The fourth-order valence-electron chi connectivity index (χ4n) is 2.91. The van der Waals surface area contributed by atoms with Gasteiger partial charge in [0.2, 0.25) is 0 Å². The molecule has 21 heavy (non-hydrogen) atoms. The average Bonchev–Trinajstić information content (AvgIpc) is 3.02. The van der Waals surface area contributed by atoms with Gasteiger partial charge in [0.05, 0.1) is 17.8 Å². The Kier molecular flexibility index (Phi) is 2.86. The Morgan fingerprint density at radius 2 is 2.00 bits per heavy atom. The molecule has 4 rings (SSSR count). The summed E-state index contributed by atoms with van der Waals surface area (Å²) in [5.74, 6) is 0.974. The van der Waals surface area contributed by atoms with E-state index in [1.807, 2.05) is 18.2 Å². The molecule has 104 valence electrons. The van der Waals surface area contributed by atoms with E-state index in [1.165, 1.54) is 5.56 Å². The van der Waals surface area contributed by atoms with Crippen molar-refractivity contribution in [2.24, 2.45) is 5.73 Å². The largest absolute Gasteiger partial charge is 0.493 e. The standard InChI is InChI=1S/C18H16N2O/c19-11-15-10-14(9-13-7-8-21-18(13)15)17-6-5-12-3-1-2-4-16(12)20-17/h1-6,9-10H,7-8,11,19H2. The van der Waals surface area contributed by atoms with Gasteiger partial charge < -0.3 is 10.5 Å². The van der Waals surface area contributed by atoms with Crippen LogP contribution in [0.2, 0.25) is 0 Å². The van der Waals surface area contributed by atoms with Crippen molar-refractivity contribution in [3.63, 3.8) is 0 Å². The zero-order valence-corrected chi connectivity index (χ0v) is 11.7. The van der Waals surface area contributed by atoms with E-state index in [2.05, 4.69) is 30.3 Å². The highest BCUT2D eigenvalue weighted by atomic mass is 16.5. The van der Waals surface area contributed by atoms with Crippen LogP contribution in [0.1, 0.15) is 11.1 Å². The molecule has 1 aliphatic heterocycles. The predicted molar refractivity (Wildman–Crippen MR) is 84.3 cm³/mol. The van der Waals surface area contributed by atoms with Gasteiger partial charge in [-0.05, 0) is 29.8 Å². The quantitative estimate of drug-likeness (QED) is 0.781. The van der Waals surface area contributed by atoms with Gasteiger partial charge >= 0.3 is 0 Å². The average molecular weight is 276 g/mol. The minimum atomic E-state index is 0.490. The highest BCUT2D eigenvalue weighted by molar-refractivity contribution is 5.81. The van der Waals surface area contributed by atoms with Crippen molar-refractivity contribution in [1.29, 1.82) is 0 Å². The topological polar surface area (TPSA) is 48.1 Å². The molecule has 3 nitrogen and oxygen atoms in total. The van der Waals surface area contributed by atoms with Crippen LogP contribution < -0.4 is 10.5 Å². The molecule has 0 saturated carbocycles. The lowest BCUT2D eigenvalue weighted by molar-refractivity contribution is 0.353. The third-order valence-electron chi connectivity index (χ3n) is 3.97. The van der Waals surface area contributed by atoms with Gasteiger partial charge in [0.25, 0.3) is 0 Å². The van der Waals surface area contributed by atoms with E-state index in [4.69, 9.17) is 15.5 Å². The number of benzene rings is 2. The first-order chi connectivity index (χ1) is 10.3. The Bertz CT molecular complexity index is 827. The number of rotatable bonds is 2. The van der Waals surface area contributed by atoms with Crippen LogP contribution in [-0.2, 0) is 13.0 Å². The molecular weight excluding hydrogens is 260 g/mol. The summed E-state index contributed by atoms with van der Waals surface area (Å²) >= 11 is 0. The Morgan fingerprint density at radius 3 is 2.90 bits per heavy atom. The van der Waals surface area contributed by atoms with Crippen LogP contribution >= 0.6 is 0 Å². The first-order valence-corrected chi connectivity index (χ1v) is 7.20. The Labute approximate surface area is 123 Å². The lowest BCUT2D eigenvalue weighted by Crippen LogP contribution is -2.00. The van der Waals surface area contributed by atoms with Crippen LogP contribution in [0, 0.1) is 0 Å². The second kappa shape index (κ2) is 4.86. The van der Waals surface area contributed by atoms with Crippen molar-refractivity contribution >= 4 is 10.9 Å². The molecular formula is C18H16N2O. The molecule has 0 radical (unpaired) electrons. The number of hydrogen-bond donors (Lipinski definition) is 1. The van der Waals surface area contributed by atoms with Gasteiger partial charge in [-0.3, -0.25) is 0 Å².